The van der Waals surface area contributed by atoms with Crippen LogP contribution in [0.25, 0.3) is 0 Å². The van der Waals surface area contributed by atoms with E-state index in [2.05, 4.69) is 11.4 Å². The topological polar surface area (TPSA) is 80.8 Å². The summed E-state index contributed by atoms with van der Waals surface area (Å²) in [4.78, 5) is 33.5. The third kappa shape index (κ3) is 7.34. The molecule has 226 valence electrons. The minimum atomic E-state index is -0.484. The largest absolute Gasteiger partial charge is 0.488 e. The molecule has 3 aromatic carbocycles. The van der Waals surface area contributed by atoms with E-state index in [1.54, 1.807) is 23.1 Å². The molecule has 0 unspecified atom stereocenters. The van der Waals surface area contributed by atoms with Crippen LogP contribution in [0.15, 0.2) is 97.2 Å². The molecule has 2 fully saturated rings. The van der Waals surface area contributed by atoms with Crippen molar-refractivity contribution in [2.75, 3.05) is 11.4 Å². The van der Waals surface area contributed by atoms with Crippen LogP contribution in [-0.2, 0) is 29.3 Å². The Kier molecular flexibility index (Phi) is 9.63. The maximum atomic E-state index is 13.7. The summed E-state index contributed by atoms with van der Waals surface area (Å²) in [5.41, 5.74) is 4.91. The number of aromatic nitrogens is 1. The van der Waals surface area contributed by atoms with E-state index in [1.165, 1.54) is 37.7 Å². The van der Waals surface area contributed by atoms with Crippen LogP contribution < -0.4 is 15.0 Å². The van der Waals surface area contributed by atoms with Crippen molar-refractivity contribution < 1.29 is 19.1 Å². The van der Waals surface area contributed by atoms with Crippen LogP contribution in [0.4, 0.5) is 5.69 Å². The Hall–Kier alpha value is -4.49. The van der Waals surface area contributed by atoms with Gasteiger partial charge in [-0.2, -0.15) is 0 Å². The van der Waals surface area contributed by atoms with Gasteiger partial charge in [0.25, 0.3) is 0 Å². The summed E-state index contributed by atoms with van der Waals surface area (Å²) < 4.78 is 11.9. The predicted molar refractivity (Wildman–Crippen MR) is 170 cm³/mol. The number of rotatable bonds is 11. The first-order chi connectivity index (χ1) is 21.6. The highest BCUT2D eigenvalue weighted by molar-refractivity contribution is 5.99. The number of amides is 1. The fourth-order valence-electron chi connectivity index (χ4n) is 5.86. The van der Waals surface area contributed by atoms with Crippen LogP contribution in [-0.4, -0.2) is 29.4 Å². The van der Waals surface area contributed by atoms with E-state index >= 15 is 0 Å². The number of carbonyl (C=O) groups is 2. The van der Waals surface area contributed by atoms with Gasteiger partial charge in [0.05, 0.1) is 18.3 Å². The standard InChI is InChI=1S/C37H39N3O4/c41-36(34-20-21-38-34)40(24-31-17-16-30(23-39-31)29-14-8-3-9-15-29)32-18-19-33(37(42)44-26-28-12-6-2-7-13-28)35(22-32)43-25-27-10-4-1-5-11-27/h1-2,4-7,10-13,16-19,22-23,29,34,38H,3,8-9,14-15,20-21,24-26H2/t34-/m1/s1. The Morgan fingerprint density at radius 2 is 1.52 bits per heavy atom. The normalized spacial score (nSPS) is 16.5. The number of benzene rings is 3. The van der Waals surface area contributed by atoms with E-state index in [1.807, 2.05) is 72.9 Å². The van der Waals surface area contributed by atoms with Crippen LogP contribution in [0.1, 0.15) is 77.2 Å². The van der Waals surface area contributed by atoms with Gasteiger partial charge in [-0.25, -0.2) is 4.79 Å². The Balaban J connectivity index is 1.26. The third-order valence-corrected chi connectivity index (χ3v) is 8.58. The zero-order valence-corrected chi connectivity index (χ0v) is 25.0. The van der Waals surface area contributed by atoms with Crippen molar-refractivity contribution in [3.05, 3.63) is 125 Å². The van der Waals surface area contributed by atoms with E-state index in [-0.39, 0.29) is 25.2 Å². The molecule has 2 aliphatic rings. The molecule has 6 rings (SSSR count). The van der Waals surface area contributed by atoms with Gasteiger partial charge in [-0.15, -0.1) is 0 Å². The monoisotopic (exact) mass is 589 g/mol. The molecule has 0 bridgehead atoms. The Labute approximate surface area is 259 Å². The van der Waals surface area contributed by atoms with Crippen LogP contribution in [0.5, 0.6) is 5.75 Å². The zero-order valence-electron chi connectivity index (χ0n) is 25.0. The minimum Gasteiger partial charge on any atom is -0.488 e. The van der Waals surface area contributed by atoms with E-state index in [0.717, 1.165) is 29.8 Å². The molecule has 7 nitrogen and oxygen atoms in total. The number of esters is 1. The van der Waals surface area contributed by atoms with Crippen LogP contribution in [0.2, 0.25) is 0 Å². The predicted octanol–water partition coefficient (Wildman–Crippen LogP) is 6.96. The average Bonchev–Trinajstić information content (AvgIpc) is 3.06. The number of hydrogen-bond acceptors (Lipinski definition) is 6. The van der Waals surface area contributed by atoms with Gasteiger partial charge in [0.2, 0.25) is 5.91 Å². The van der Waals surface area contributed by atoms with Crippen molar-refractivity contribution in [3.63, 3.8) is 0 Å². The lowest BCUT2D eigenvalue weighted by Gasteiger charge is -2.33. The molecule has 1 N–H and O–H groups in total. The van der Waals surface area contributed by atoms with Gasteiger partial charge < -0.3 is 19.7 Å². The van der Waals surface area contributed by atoms with Gasteiger partial charge in [-0.05, 0) is 66.6 Å². The molecule has 1 amide bonds. The SMILES string of the molecule is O=C(OCc1ccccc1)c1ccc(N(Cc2ccc(C3CCCCC3)cn2)C(=O)[C@H]2CCN2)cc1OCc1ccccc1. The van der Waals surface area contributed by atoms with Gasteiger partial charge >= 0.3 is 5.97 Å². The first-order valence-electron chi connectivity index (χ1n) is 15.7. The lowest BCUT2D eigenvalue weighted by atomic mass is 9.85. The molecule has 0 radical (unpaired) electrons. The van der Waals surface area contributed by atoms with Crippen LogP contribution >= 0.6 is 0 Å². The fraction of sp³-hybridized carbons (Fsp3) is 0.324. The molecule has 4 aromatic rings. The van der Waals surface area contributed by atoms with Crippen molar-refractivity contribution in [1.29, 1.82) is 0 Å². The number of ether oxygens (including phenoxy) is 2. The summed E-state index contributed by atoms with van der Waals surface area (Å²) in [5.74, 6) is 0.426. The van der Waals surface area contributed by atoms with Gasteiger partial charge in [-0.3, -0.25) is 9.78 Å². The van der Waals surface area contributed by atoms with Gasteiger partial charge in [0, 0.05) is 18.0 Å². The van der Waals surface area contributed by atoms with Crippen molar-refractivity contribution in [3.8, 4) is 5.75 Å². The first-order valence-corrected chi connectivity index (χ1v) is 15.7. The summed E-state index contributed by atoms with van der Waals surface area (Å²) in [7, 11) is 0. The van der Waals surface area contributed by atoms with Crippen molar-refractivity contribution in [2.45, 2.75) is 70.2 Å². The zero-order chi connectivity index (χ0) is 30.1. The molecule has 1 aliphatic heterocycles. The maximum Gasteiger partial charge on any atom is 0.342 e. The molecule has 44 heavy (non-hydrogen) atoms. The van der Waals surface area contributed by atoms with Crippen molar-refractivity contribution >= 4 is 17.6 Å². The molecule has 1 aromatic heterocycles. The summed E-state index contributed by atoms with van der Waals surface area (Å²) >= 11 is 0. The van der Waals surface area contributed by atoms with E-state index in [0.29, 0.717) is 29.5 Å². The summed E-state index contributed by atoms with van der Waals surface area (Å²) in [6.07, 6.45) is 9.05. The number of nitrogens with zero attached hydrogens (tertiary/aromatic N) is 2. The molecule has 1 saturated carbocycles. The number of pyridine rings is 1. The molecule has 0 spiro atoms. The summed E-state index contributed by atoms with van der Waals surface area (Å²) in [6.45, 7) is 1.56. The lowest BCUT2D eigenvalue weighted by molar-refractivity contribution is -0.122. The fourth-order valence-corrected chi connectivity index (χ4v) is 5.86. The van der Waals surface area contributed by atoms with Gasteiger partial charge in [0.1, 0.15) is 24.5 Å². The molecule has 7 heteroatoms. The molecule has 1 atom stereocenters. The highest BCUT2D eigenvalue weighted by atomic mass is 16.5. The minimum absolute atomic E-state index is 0.0252. The molecule has 2 heterocycles. The number of carbonyl (C=O) groups excluding carboxylic acids is 2. The average molecular weight is 590 g/mol. The number of anilines is 1. The number of hydrogen-bond donors (Lipinski definition) is 1. The first kappa shape index (κ1) is 29.6. The Morgan fingerprint density at radius 3 is 2.16 bits per heavy atom. The van der Waals surface area contributed by atoms with Crippen molar-refractivity contribution in [2.24, 2.45) is 0 Å². The number of nitrogens with one attached hydrogen (secondary N) is 1. The molecular formula is C37H39N3O4. The molecule has 1 saturated heterocycles. The second-order valence-electron chi connectivity index (χ2n) is 11.7. The van der Waals surface area contributed by atoms with E-state index < -0.39 is 5.97 Å². The van der Waals surface area contributed by atoms with Crippen molar-refractivity contribution in [1.82, 2.24) is 10.3 Å². The van der Waals surface area contributed by atoms with Crippen LogP contribution in [0.3, 0.4) is 0 Å². The quantitative estimate of drug-likeness (QED) is 0.191. The summed E-state index contributed by atoms with van der Waals surface area (Å²) in [6, 6.07) is 28.6. The van der Waals surface area contributed by atoms with E-state index in [9.17, 15) is 9.59 Å². The third-order valence-electron chi connectivity index (χ3n) is 8.58. The van der Waals surface area contributed by atoms with Gasteiger partial charge in [-0.1, -0.05) is 86.0 Å². The second-order valence-corrected chi connectivity index (χ2v) is 11.7. The molecular weight excluding hydrogens is 550 g/mol. The maximum absolute atomic E-state index is 13.7. The van der Waals surface area contributed by atoms with Gasteiger partial charge in [0.15, 0.2) is 0 Å². The molecule has 1 aliphatic carbocycles. The highest BCUT2D eigenvalue weighted by Gasteiger charge is 2.31. The smallest absolute Gasteiger partial charge is 0.342 e. The summed E-state index contributed by atoms with van der Waals surface area (Å²) in [5, 5.41) is 3.24. The highest BCUT2D eigenvalue weighted by Crippen LogP contribution is 2.33. The van der Waals surface area contributed by atoms with E-state index in [4.69, 9.17) is 14.5 Å². The van der Waals surface area contributed by atoms with Crippen LogP contribution in [0, 0.1) is 0 Å². The Bertz CT molecular complexity index is 1530. The Morgan fingerprint density at radius 1 is 0.818 bits per heavy atom. The lowest BCUT2D eigenvalue weighted by Crippen LogP contribution is -2.54. The second kappa shape index (κ2) is 14.3.